The van der Waals surface area contributed by atoms with Gasteiger partial charge in [0.15, 0.2) is 5.69 Å². The molecule has 15 heteroatoms. The molecule has 0 spiro atoms. The van der Waals surface area contributed by atoms with Gasteiger partial charge in [0.1, 0.15) is 17.2 Å². The van der Waals surface area contributed by atoms with Gasteiger partial charge in [0.25, 0.3) is 17.1 Å². The zero-order valence-corrected chi connectivity index (χ0v) is 25.2. The lowest BCUT2D eigenvalue weighted by Crippen LogP contribution is -2.49. The number of anilines is 1. The van der Waals surface area contributed by atoms with E-state index in [0.717, 1.165) is 18.9 Å². The smallest absolute Gasteiger partial charge is 0.445 e. The van der Waals surface area contributed by atoms with E-state index < -0.39 is 40.7 Å². The Morgan fingerprint density at radius 2 is 1.89 bits per heavy atom. The first-order chi connectivity index (χ1) is 21.6. The number of hydrogen-bond donors (Lipinski definition) is 3. The molecule has 242 valence electrons. The number of hydrogen-bond acceptors (Lipinski definition) is 7. The number of alkyl halides is 3. The number of carbonyl (C=O) groups excluding carboxylic acids is 2. The average Bonchev–Trinajstić information content (AvgIpc) is 3.82. The number of ether oxygens (including phenoxy) is 2. The lowest BCUT2D eigenvalue weighted by atomic mass is 9.90. The lowest BCUT2D eigenvalue weighted by molar-refractivity contribution is -0.239. The number of aromatic hydroxyl groups is 1. The first-order valence-electron chi connectivity index (χ1n) is 14.0. The molecule has 0 saturated heterocycles. The first-order valence-corrected chi connectivity index (χ1v) is 14.4. The van der Waals surface area contributed by atoms with E-state index in [1.54, 1.807) is 13.8 Å². The van der Waals surface area contributed by atoms with E-state index >= 15 is 0 Å². The summed E-state index contributed by atoms with van der Waals surface area (Å²) >= 11 is 5.78. The summed E-state index contributed by atoms with van der Waals surface area (Å²) in [5.74, 6) is 3.12. The van der Waals surface area contributed by atoms with Crippen LogP contribution in [0.3, 0.4) is 0 Å². The minimum Gasteiger partial charge on any atom is -0.501 e. The number of benzene rings is 2. The maximum Gasteiger partial charge on any atom is 0.445 e. The number of cyclic esters (lactones) is 1. The topological polar surface area (TPSA) is 132 Å². The van der Waals surface area contributed by atoms with Crippen LogP contribution >= 0.6 is 11.6 Å². The van der Waals surface area contributed by atoms with Crippen LogP contribution in [0.25, 0.3) is 0 Å². The van der Waals surface area contributed by atoms with Gasteiger partial charge in [-0.25, -0.2) is 14.2 Å². The Bertz CT molecular complexity index is 1810. The van der Waals surface area contributed by atoms with Gasteiger partial charge in [-0.15, -0.1) is 0 Å². The molecule has 3 heterocycles. The van der Waals surface area contributed by atoms with Gasteiger partial charge in [-0.2, -0.15) is 13.2 Å². The van der Waals surface area contributed by atoms with Crippen LogP contribution in [0.5, 0.6) is 5.75 Å². The van der Waals surface area contributed by atoms with Gasteiger partial charge in [0.2, 0.25) is 5.75 Å². The maximum atomic E-state index is 13.6. The fourth-order valence-corrected chi connectivity index (χ4v) is 4.92. The second kappa shape index (κ2) is 12.3. The zero-order chi connectivity index (χ0) is 33.4. The van der Waals surface area contributed by atoms with Crippen LogP contribution in [-0.2, 0) is 33.8 Å². The SMILES string of the molecule is CC1(C)OCCn2c1nc(C(=O)NCc1ccc(F)cc1)c(O)c2=O.O=C1Nc2ccc(Cl)cc2[C@@](C#CC2CC2)(C(F)(F)F)O1. The molecule has 1 aromatic heterocycles. The van der Waals surface area contributed by atoms with Crippen LogP contribution in [-0.4, -0.2) is 39.4 Å². The van der Waals surface area contributed by atoms with Crippen molar-refractivity contribution in [1.82, 2.24) is 14.9 Å². The van der Waals surface area contributed by atoms with Crippen molar-refractivity contribution in [2.75, 3.05) is 11.9 Å². The standard InChI is InChI=1S/C17H18FN3O4.C14H9ClF3NO2/c1-17(2)16-20-12(13(22)15(24)21(16)7-8-25-17)14(23)19-9-10-3-5-11(18)6-4-10;15-9-3-4-11-10(7-9)13(14(16,17)18,21-12(20)19-11)6-5-8-1-2-8/h3-6,22H,7-9H2,1-2H3,(H,19,23);3-4,7-8H,1-2H2,(H,19,20)/t;13-/m.0/s1. The predicted octanol–water partition coefficient (Wildman–Crippen LogP) is 5.36. The molecule has 1 fully saturated rings. The minimum absolute atomic E-state index is 0.00179. The largest absolute Gasteiger partial charge is 0.501 e. The molecule has 2 aliphatic heterocycles. The third kappa shape index (κ3) is 6.66. The molecule has 10 nitrogen and oxygen atoms in total. The monoisotopic (exact) mass is 662 g/mol. The molecule has 3 aromatic rings. The molecule has 3 aliphatic rings. The molecular weight excluding hydrogens is 636 g/mol. The summed E-state index contributed by atoms with van der Waals surface area (Å²) in [6.45, 7) is 4.16. The summed E-state index contributed by atoms with van der Waals surface area (Å²) in [6.07, 6.45) is -4.54. The van der Waals surface area contributed by atoms with Crippen LogP contribution in [0.2, 0.25) is 5.02 Å². The quantitative estimate of drug-likeness (QED) is 0.254. The highest BCUT2D eigenvalue weighted by atomic mass is 35.5. The summed E-state index contributed by atoms with van der Waals surface area (Å²) in [4.78, 5) is 40.4. The van der Waals surface area contributed by atoms with Crippen LogP contribution in [0, 0.1) is 23.6 Å². The van der Waals surface area contributed by atoms with Crippen molar-refractivity contribution >= 4 is 29.3 Å². The summed E-state index contributed by atoms with van der Waals surface area (Å²) in [6, 6.07) is 9.43. The number of fused-ring (bicyclic) bond motifs is 2. The molecule has 2 aromatic carbocycles. The molecule has 6 rings (SSSR count). The molecule has 0 unspecified atom stereocenters. The number of carbonyl (C=O) groups is 2. The molecule has 1 saturated carbocycles. The molecule has 0 bridgehead atoms. The summed E-state index contributed by atoms with van der Waals surface area (Å²) in [5, 5.41) is 15.0. The zero-order valence-electron chi connectivity index (χ0n) is 24.4. The second-order valence-electron chi connectivity index (χ2n) is 11.2. The van der Waals surface area contributed by atoms with E-state index in [-0.39, 0.29) is 52.6 Å². The highest BCUT2D eigenvalue weighted by molar-refractivity contribution is 6.30. The van der Waals surface area contributed by atoms with Gasteiger partial charge in [-0.05, 0) is 68.5 Å². The van der Waals surface area contributed by atoms with Crippen molar-refractivity contribution in [2.45, 2.75) is 57.2 Å². The number of halogens is 5. The Kier molecular flexibility index (Phi) is 8.76. The number of aromatic nitrogens is 2. The van der Waals surface area contributed by atoms with Gasteiger partial charge in [-0.3, -0.25) is 19.5 Å². The highest BCUT2D eigenvalue weighted by Gasteiger charge is 2.62. The molecule has 46 heavy (non-hydrogen) atoms. The average molecular weight is 663 g/mol. The summed E-state index contributed by atoms with van der Waals surface area (Å²) in [7, 11) is 0. The van der Waals surface area contributed by atoms with Gasteiger partial charge in [0.05, 0.1) is 18.8 Å². The van der Waals surface area contributed by atoms with Crippen molar-refractivity contribution in [3.63, 3.8) is 0 Å². The number of rotatable bonds is 3. The van der Waals surface area contributed by atoms with E-state index in [1.807, 2.05) is 0 Å². The van der Waals surface area contributed by atoms with Crippen molar-refractivity contribution in [2.24, 2.45) is 5.92 Å². The third-order valence-corrected chi connectivity index (χ3v) is 7.55. The van der Waals surface area contributed by atoms with Crippen LogP contribution < -0.4 is 16.2 Å². The van der Waals surface area contributed by atoms with E-state index in [4.69, 9.17) is 16.3 Å². The summed E-state index contributed by atoms with van der Waals surface area (Å²) < 4.78 is 65.2. The van der Waals surface area contributed by atoms with Crippen molar-refractivity contribution in [3.05, 3.63) is 86.3 Å². The first kappa shape index (κ1) is 32.8. The number of amides is 2. The van der Waals surface area contributed by atoms with Crippen LogP contribution in [0.4, 0.5) is 28.0 Å². The Balaban J connectivity index is 0.000000184. The molecule has 2 amide bonds. The van der Waals surface area contributed by atoms with E-state index in [1.165, 1.54) is 41.0 Å². The van der Waals surface area contributed by atoms with Gasteiger partial charge >= 0.3 is 12.3 Å². The van der Waals surface area contributed by atoms with Crippen LogP contribution in [0.15, 0.2) is 47.3 Å². The molecular formula is C31H27ClF4N4O6. The summed E-state index contributed by atoms with van der Waals surface area (Å²) in [5.41, 5.74) is -4.47. The normalized spacial score (nSPS) is 19.5. The predicted molar refractivity (Wildman–Crippen MR) is 156 cm³/mol. The van der Waals surface area contributed by atoms with Gasteiger partial charge in [0, 0.05) is 23.0 Å². The van der Waals surface area contributed by atoms with Gasteiger partial charge in [-0.1, -0.05) is 29.7 Å². The Labute approximate surface area is 264 Å². The fraction of sp³-hybridized carbons (Fsp3) is 0.355. The minimum atomic E-state index is -4.87. The molecule has 0 radical (unpaired) electrons. The third-order valence-electron chi connectivity index (χ3n) is 7.32. The number of nitrogens with one attached hydrogen (secondary N) is 2. The van der Waals surface area contributed by atoms with E-state index in [9.17, 15) is 37.1 Å². The van der Waals surface area contributed by atoms with E-state index in [2.05, 4.69) is 32.2 Å². The van der Waals surface area contributed by atoms with Gasteiger partial charge < -0.3 is 19.9 Å². The maximum absolute atomic E-state index is 13.6. The lowest BCUT2D eigenvalue weighted by Gasteiger charge is -2.35. The molecule has 1 atom stereocenters. The second-order valence-corrected chi connectivity index (χ2v) is 11.6. The van der Waals surface area contributed by atoms with Crippen molar-refractivity contribution < 1.29 is 41.7 Å². The molecule has 1 aliphatic carbocycles. The Hall–Kier alpha value is -4.61. The molecule has 3 N–H and O–H groups in total. The highest BCUT2D eigenvalue weighted by Crippen LogP contribution is 2.48. The fourth-order valence-electron chi connectivity index (χ4n) is 4.75. The van der Waals surface area contributed by atoms with Crippen molar-refractivity contribution in [3.8, 4) is 17.6 Å². The van der Waals surface area contributed by atoms with E-state index in [0.29, 0.717) is 12.2 Å². The Morgan fingerprint density at radius 3 is 2.54 bits per heavy atom. The van der Waals surface area contributed by atoms with Crippen LogP contribution in [0.1, 0.15) is 54.1 Å². The Morgan fingerprint density at radius 1 is 1.20 bits per heavy atom. The number of nitrogens with zero attached hydrogens (tertiary/aromatic N) is 2. The van der Waals surface area contributed by atoms with Crippen molar-refractivity contribution in [1.29, 1.82) is 0 Å².